The zero-order valence-electron chi connectivity index (χ0n) is 13.8. The Bertz CT molecular complexity index is 957. The summed E-state index contributed by atoms with van der Waals surface area (Å²) in [7, 11) is 1.46. The molecule has 0 saturated heterocycles. The van der Waals surface area contributed by atoms with Crippen LogP contribution in [0.3, 0.4) is 0 Å². The first kappa shape index (κ1) is 18.8. The molecule has 5 nitrogen and oxygen atoms in total. The third-order valence-electron chi connectivity index (χ3n) is 3.80. The lowest BCUT2D eigenvalue weighted by Gasteiger charge is -2.17. The van der Waals surface area contributed by atoms with Gasteiger partial charge in [0, 0.05) is 11.8 Å². The van der Waals surface area contributed by atoms with Gasteiger partial charge < -0.3 is 10.1 Å². The Balaban J connectivity index is 1.92. The molecule has 1 N–H and O–H groups in total. The van der Waals surface area contributed by atoms with E-state index >= 15 is 0 Å². The fourth-order valence-electron chi connectivity index (χ4n) is 2.51. The van der Waals surface area contributed by atoms with Crippen LogP contribution in [-0.4, -0.2) is 18.9 Å². The van der Waals surface area contributed by atoms with Crippen molar-refractivity contribution in [1.82, 2.24) is 0 Å². The molecule has 2 aromatic carbocycles. The summed E-state index contributed by atoms with van der Waals surface area (Å²) in [4.78, 5) is 25.6. The van der Waals surface area contributed by atoms with E-state index in [1.807, 2.05) is 0 Å². The third-order valence-corrected chi connectivity index (χ3v) is 4.15. The van der Waals surface area contributed by atoms with Gasteiger partial charge in [-0.2, -0.15) is 13.2 Å². The summed E-state index contributed by atoms with van der Waals surface area (Å²) in [6.07, 6.45) is -4.61. The normalized spacial score (nSPS) is 14.8. The van der Waals surface area contributed by atoms with Gasteiger partial charge in [0.05, 0.1) is 18.4 Å². The molecule has 0 fully saturated rings. The number of halogens is 4. The van der Waals surface area contributed by atoms with Crippen LogP contribution in [0.2, 0.25) is 0 Å². The minimum atomic E-state index is -4.61. The SMILES string of the molecule is COc1cccc(NC2=C(Cl)C(=O)N(c3cccc(C(F)(F)F)c3)C2=O)c1. The Morgan fingerprint density at radius 1 is 1.04 bits per heavy atom. The fourth-order valence-corrected chi connectivity index (χ4v) is 2.72. The van der Waals surface area contributed by atoms with Crippen LogP contribution in [0.4, 0.5) is 24.5 Å². The highest BCUT2D eigenvalue weighted by Crippen LogP contribution is 2.35. The van der Waals surface area contributed by atoms with Gasteiger partial charge in [0.15, 0.2) is 0 Å². The van der Waals surface area contributed by atoms with Crippen LogP contribution < -0.4 is 15.0 Å². The van der Waals surface area contributed by atoms with Crippen molar-refractivity contribution in [3.05, 3.63) is 64.8 Å². The van der Waals surface area contributed by atoms with E-state index in [9.17, 15) is 22.8 Å². The van der Waals surface area contributed by atoms with Gasteiger partial charge in [0.1, 0.15) is 16.5 Å². The van der Waals surface area contributed by atoms with Crippen LogP contribution in [0.5, 0.6) is 5.75 Å². The van der Waals surface area contributed by atoms with Crippen LogP contribution in [0.1, 0.15) is 5.56 Å². The van der Waals surface area contributed by atoms with Crippen molar-refractivity contribution in [2.45, 2.75) is 6.18 Å². The van der Waals surface area contributed by atoms with Gasteiger partial charge in [-0.15, -0.1) is 0 Å². The molecule has 2 aromatic rings. The molecule has 0 aliphatic carbocycles. The van der Waals surface area contributed by atoms with Crippen molar-refractivity contribution in [3.63, 3.8) is 0 Å². The average Bonchev–Trinajstić information content (AvgIpc) is 2.85. The number of methoxy groups -OCH3 is 1. The molecule has 0 radical (unpaired) electrons. The lowest BCUT2D eigenvalue weighted by atomic mass is 10.2. The largest absolute Gasteiger partial charge is 0.497 e. The summed E-state index contributed by atoms with van der Waals surface area (Å²) in [5.74, 6) is -1.26. The molecule has 1 aliphatic heterocycles. The van der Waals surface area contributed by atoms with Gasteiger partial charge in [0.25, 0.3) is 11.8 Å². The quantitative estimate of drug-likeness (QED) is 0.789. The highest BCUT2D eigenvalue weighted by Gasteiger charge is 2.40. The molecule has 0 bridgehead atoms. The fraction of sp³-hybridized carbons (Fsp3) is 0.111. The first-order valence-electron chi connectivity index (χ1n) is 7.59. The van der Waals surface area contributed by atoms with Crippen LogP contribution in [0.15, 0.2) is 59.3 Å². The number of amides is 2. The molecule has 140 valence electrons. The lowest BCUT2D eigenvalue weighted by Crippen LogP contribution is -2.32. The Hall–Kier alpha value is -3.00. The number of carbonyl (C=O) groups is 2. The van der Waals surface area contributed by atoms with Crippen molar-refractivity contribution < 1.29 is 27.5 Å². The van der Waals surface area contributed by atoms with E-state index in [0.29, 0.717) is 22.4 Å². The molecule has 2 amide bonds. The van der Waals surface area contributed by atoms with Crippen LogP contribution in [-0.2, 0) is 15.8 Å². The second-order valence-corrected chi connectivity index (χ2v) is 5.92. The summed E-state index contributed by atoms with van der Waals surface area (Å²) in [6, 6.07) is 10.4. The number of benzene rings is 2. The Labute approximate surface area is 157 Å². The second-order valence-electron chi connectivity index (χ2n) is 5.54. The van der Waals surface area contributed by atoms with Crippen molar-refractivity contribution in [2.24, 2.45) is 0 Å². The summed E-state index contributed by atoms with van der Waals surface area (Å²) in [5, 5.41) is 2.31. The predicted octanol–water partition coefficient (Wildman–Crippen LogP) is 4.15. The predicted molar refractivity (Wildman–Crippen MR) is 93.4 cm³/mol. The molecule has 1 heterocycles. The molecular formula is C18H12ClF3N2O3. The Morgan fingerprint density at radius 2 is 1.74 bits per heavy atom. The molecule has 9 heteroatoms. The van der Waals surface area contributed by atoms with E-state index in [2.05, 4.69) is 5.32 Å². The van der Waals surface area contributed by atoms with Gasteiger partial charge in [0.2, 0.25) is 0 Å². The van der Waals surface area contributed by atoms with Crippen LogP contribution in [0, 0.1) is 0 Å². The molecule has 1 aliphatic rings. The van der Waals surface area contributed by atoms with Crippen molar-refractivity contribution >= 4 is 34.8 Å². The van der Waals surface area contributed by atoms with E-state index in [-0.39, 0.29) is 11.4 Å². The number of nitrogens with zero attached hydrogens (tertiary/aromatic N) is 1. The van der Waals surface area contributed by atoms with Crippen molar-refractivity contribution in [3.8, 4) is 5.75 Å². The van der Waals surface area contributed by atoms with Gasteiger partial charge in [-0.25, -0.2) is 4.90 Å². The third kappa shape index (κ3) is 3.61. The molecule has 0 spiro atoms. The number of rotatable bonds is 4. The standard InChI is InChI=1S/C18H12ClF3N2O3/c1-27-13-7-3-5-11(9-13)23-15-14(19)16(25)24(17(15)26)12-6-2-4-10(8-12)18(20,21)22/h2-9,23H,1H3. The van der Waals surface area contributed by atoms with Crippen LogP contribution in [0.25, 0.3) is 0 Å². The number of imide groups is 1. The minimum absolute atomic E-state index is 0.222. The number of ether oxygens (including phenoxy) is 1. The van der Waals surface area contributed by atoms with E-state index in [4.69, 9.17) is 16.3 Å². The highest BCUT2D eigenvalue weighted by atomic mass is 35.5. The molecule has 3 rings (SSSR count). The van der Waals surface area contributed by atoms with Gasteiger partial charge in [-0.05, 0) is 30.3 Å². The molecular weight excluding hydrogens is 385 g/mol. The van der Waals surface area contributed by atoms with Gasteiger partial charge >= 0.3 is 6.18 Å². The zero-order valence-corrected chi connectivity index (χ0v) is 14.6. The molecule has 27 heavy (non-hydrogen) atoms. The van der Waals surface area contributed by atoms with E-state index in [1.165, 1.54) is 13.2 Å². The highest BCUT2D eigenvalue weighted by molar-refractivity contribution is 6.53. The second kappa shape index (κ2) is 6.96. The summed E-state index contributed by atoms with van der Waals surface area (Å²) < 4.78 is 43.8. The minimum Gasteiger partial charge on any atom is -0.497 e. The lowest BCUT2D eigenvalue weighted by molar-refractivity contribution is -0.137. The monoisotopic (exact) mass is 396 g/mol. The topological polar surface area (TPSA) is 58.6 Å². The van der Waals surface area contributed by atoms with E-state index in [0.717, 1.165) is 12.1 Å². The number of alkyl halides is 3. The molecule has 0 saturated carbocycles. The maximum absolute atomic E-state index is 12.9. The summed E-state index contributed by atoms with van der Waals surface area (Å²) >= 11 is 5.97. The van der Waals surface area contributed by atoms with E-state index < -0.39 is 28.6 Å². The van der Waals surface area contributed by atoms with Crippen molar-refractivity contribution in [1.29, 1.82) is 0 Å². The zero-order chi connectivity index (χ0) is 19.8. The maximum atomic E-state index is 12.9. The van der Waals surface area contributed by atoms with E-state index in [1.54, 1.807) is 24.3 Å². The summed E-state index contributed by atoms with van der Waals surface area (Å²) in [6.45, 7) is 0. The molecule has 0 unspecified atom stereocenters. The number of hydrogen-bond acceptors (Lipinski definition) is 4. The molecule has 0 aromatic heterocycles. The first-order chi connectivity index (χ1) is 12.7. The number of carbonyl (C=O) groups excluding carboxylic acids is 2. The smallest absolute Gasteiger partial charge is 0.416 e. The number of anilines is 2. The van der Waals surface area contributed by atoms with Crippen LogP contribution >= 0.6 is 11.6 Å². The Morgan fingerprint density at radius 3 is 2.41 bits per heavy atom. The Kier molecular flexibility index (Phi) is 4.84. The average molecular weight is 397 g/mol. The maximum Gasteiger partial charge on any atom is 0.416 e. The number of nitrogens with one attached hydrogen (secondary N) is 1. The summed E-state index contributed by atoms with van der Waals surface area (Å²) in [5.41, 5.74) is -1.01. The first-order valence-corrected chi connectivity index (χ1v) is 7.97. The number of hydrogen-bond donors (Lipinski definition) is 1. The van der Waals surface area contributed by atoms with Gasteiger partial charge in [-0.1, -0.05) is 23.7 Å². The molecule has 0 atom stereocenters. The van der Waals surface area contributed by atoms with Crippen molar-refractivity contribution in [2.75, 3.05) is 17.3 Å². The van der Waals surface area contributed by atoms with Gasteiger partial charge in [-0.3, -0.25) is 9.59 Å².